The Morgan fingerprint density at radius 1 is 0.826 bits per heavy atom. The summed E-state index contributed by atoms with van der Waals surface area (Å²) in [7, 11) is 2.37. The van der Waals surface area contributed by atoms with Gasteiger partial charge in [-0.05, 0) is 11.1 Å². The third-order valence-corrected chi connectivity index (χ3v) is 5.78. The summed E-state index contributed by atoms with van der Waals surface area (Å²) in [6, 6.07) is 22.9. The lowest BCUT2D eigenvalue weighted by Crippen LogP contribution is -3.15. The molecule has 2 saturated heterocycles. The lowest BCUT2D eigenvalue weighted by Gasteiger charge is -2.35. The zero-order valence-corrected chi connectivity index (χ0v) is 13.8. The molecule has 2 aliphatic heterocycles. The molecule has 2 aliphatic rings. The summed E-state index contributed by atoms with van der Waals surface area (Å²) < 4.78 is 6.68. The van der Waals surface area contributed by atoms with Crippen molar-refractivity contribution >= 4 is 0 Å². The van der Waals surface area contributed by atoms with E-state index in [4.69, 9.17) is 4.74 Å². The minimum Gasteiger partial charge on any atom is -0.365 e. The van der Waals surface area contributed by atoms with Crippen LogP contribution >= 0.6 is 0 Å². The van der Waals surface area contributed by atoms with Crippen molar-refractivity contribution in [3.63, 3.8) is 0 Å². The summed E-state index contributed by atoms with van der Waals surface area (Å²) in [5.74, 6) is 0. The zero-order valence-electron chi connectivity index (χ0n) is 13.8. The molecule has 2 aromatic rings. The first kappa shape index (κ1) is 14.9. The van der Waals surface area contributed by atoms with E-state index in [1.807, 2.05) is 0 Å². The van der Waals surface area contributed by atoms with Crippen LogP contribution in [0.25, 0.3) is 0 Å². The molecule has 23 heavy (non-hydrogen) atoms. The fourth-order valence-corrected chi connectivity index (χ4v) is 4.44. The summed E-state index contributed by atoms with van der Waals surface area (Å²) in [4.78, 5) is 1.74. The minimum atomic E-state index is 0.0557. The molecule has 120 valence electrons. The second kappa shape index (κ2) is 6.46. The van der Waals surface area contributed by atoms with Gasteiger partial charge in [0.2, 0.25) is 0 Å². The van der Waals surface area contributed by atoms with Crippen LogP contribution in [0.2, 0.25) is 0 Å². The number of nitrogens with one attached hydrogen (secondary N) is 1. The first-order chi connectivity index (χ1) is 11.3. The van der Waals surface area contributed by atoms with Crippen LogP contribution in [0.1, 0.15) is 42.9 Å². The van der Waals surface area contributed by atoms with Crippen molar-refractivity contribution in [3.8, 4) is 0 Å². The second-order valence-electron chi connectivity index (χ2n) is 7.15. The summed E-state index contributed by atoms with van der Waals surface area (Å²) >= 11 is 0. The molecule has 2 unspecified atom stereocenters. The molecule has 0 aliphatic carbocycles. The van der Waals surface area contributed by atoms with Crippen LogP contribution < -0.4 is 4.90 Å². The Morgan fingerprint density at radius 3 is 1.78 bits per heavy atom. The van der Waals surface area contributed by atoms with Gasteiger partial charge in [0.1, 0.15) is 6.10 Å². The molecule has 2 aromatic carbocycles. The van der Waals surface area contributed by atoms with Crippen LogP contribution in [0.15, 0.2) is 60.7 Å². The number of rotatable bonds is 4. The van der Waals surface area contributed by atoms with Gasteiger partial charge in [-0.3, -0.25) is 0 Å². The Bertz CT molecular complexity index is 573. The third kappa shape index (κ3) is 3.06. The largest absolute Gasteiger partial charge is 0.365 e. The van der Waals surface area contributed by atoms with Crippen LogP contribution in [-0.4, -0.2) is 25.2 Å². The molecule has 2 fully saturated rings. The van der Waals surface area contributed by atoms with Gasteiger partial charge >= 0.3 is 0 Å². The van der Waals surface area contributed by atoms with E-state index < -0.39 is 0 Å². The molecular weight excluding hydrogens is 282 g/mol. The van der Waals surface area contributed by atoms with Gasteiger partial charge in [-0.15, -0.1) is 0 Å². The molecule has 4 rings (SSSR count). The molecule has 1 N–H and O–H groups in total. The Labute approximate surface area is 139 Å². The molecule has 0 radical (unpaired) electrons. The van der Waals surface area contributed by atoms with Crippen molar-refractivity contribution in [1.29, 1.82) is 0 Å². The fourth-order valence-electron chi connectivity index (χ4n) is 4.44. The van der Waals surface area contributed by atoms with Crippen molar-refractivity contribution in [2.24, 2.45) is 0 Å². The number of quaternary nitrogens is 1. The number of fused-ring (bicyclic) bond motifs is 2. The predicted octanol–water partition coefficient (Wildman–Crippen LogP) is 3.00. The highest BCUT2D eigenvalue weighted by atomic mass is 16.5. The summed E-state index contributed by atoms with van der Waals surface area (Å²) in [5, 5.41) is 0. The average molecular weight is 308 g/mol. The van der Waals surface area contributed by atoms with E-state index in [0.29, 0.717) is 6.10 Å². The Morgan fingerprint density at radius 2 is 1.30 bits per heavy atom. The number of hydrogen-bond acceptors (Lipinski definition) is 1. The Balaban J connectivity index is 1.57. The molecule has 0 aromatic heterocycles. The predicted molar refractivity (Wildman–Crippen MR) is 92.5 cm³/mol. The maximum atomic E-state index is 6.68. The van der Waals surface area contributed by atoms with Crippen LogP contribution in [0.4, 0.5) is 0 Å². The van der Waals surface area contributed by atoms with E-state index in [1.54, 1.807) is 4.90 Å². The van der Waals surface area contributed by atoms with Gasteiger partial charge in [-0.1, -0.05) is 60.7 Å². The maximum Gasteiger partial charge on any atom is 0.108 e. The highest BCUT2D eigenvalue weighted by Crippen LogP contribution is 2.32. The molecule has 2 bridgehead atoms. The molecule has 2 heterocycles. The van der Waals surface area contributed by atoms with Crippen molar-refractivity contribution < 1.29 is 9.64 Å². The normalized spacial score (nSPS) is 29.8. The standard InChI is InChI=1S/C21H25NO/c1-22-18-12-13-19(22)15-20(14-18)23-21(16-8-4-2-5-9-16)17-10-6-3-7-11-17/h2-11,18-21H,12-15H2,1H3/p+1/t18-,19+,20?. The summed E-state index contributed by atoms with van der Waals surface area (Å²) in [5.41, 5.74) is 2.52. The number of piperidine rings is 1. The van der Waals surface area contributed by atoms with E-state index in [0.717, 1.165) is 12.1 Å². The van der Waals surface area contributed by atoms with Crippen molar-refractivity contribution in [2.45, 2.75) is 50.0 Å². The third-order valence-electron chi connectivity index (χ3n) is 5.78. The van der Waals surface area contributed by atoms with Gasteiger partial charge in [0.05, 0.1) is 25.2 Å². The first-order valence-corrected chi connectivity index (χ1v) is 8.90. The van der Waals surface area contributed by atoms with Gasteiger partial charge in [-0.25, -0.2) is 0 Å². The van der Waals surface area contributed by atoms with Crippen LogP contribution in [0, 0.1) is 0 Å². The van der Waals surface area contributed by atoms with Crippen LogP contribution in [-0.2, 0) is 4.74 Å². The van der Waals surface area contributed by atoms with E-state index in [-0.39, 0.29) is 6.10 Å². The van der Waals surface area contributed by atoms with Gasteiger partial charge < -0.3 is 9.64 Å². The molecule has 0 amide bonds. The quantitative estimate of drug-likeness (QED) is 0.917. The van der Waals surface area contributed by atoms with Crippen LogP contribution in [0.3, 0.4) is 0 Å². The molecule has 2 nitrogen and oxygen atoms in total. The molecule has 4 atom stereocenters. The lowest BCUT2D eigenvalue weighted by molar-refractivity contribution is -0.923. The maximum absolute atomic E-state index is 6.68. The topological polar surface area (TPSA) is 13.7 Å². The van der Waals surface area contributed by atoms with Crippen molar-refractivity contribution in [2.75, 3.05) is 7.05 Å². The lowest BCUT2D eigenvalue weighted by atomic mass is 9.97. The van der Waals surface area contributed by atoms with E-state index >= 15 is 0 Å². The molecule has 2 heteroatoms. The molecular formula is C21H26NO+. The summed E-state index contributed by atoms with van der Waals surface area (Å²) in [6.45, 7) is 0. The highest BCUT2D eigenvalue weighted by Gasteiger charge is 2.43. The number of ether oxygens (including phenoxy) is 1. The van der Waals surface area contributed by atoms with Crippen LogP contribution in [0.5, 0.6) is 0 Å². The Kier molecular flexibility index (Phi) is 4.19. The van der Waals surface area contributed by atoms with Crippen molar-refractivity contribution in [1.82, 2.24) is 0 Å². The van der Waals surface area contributed by atoms with E-state index in [2.05, 4.69) is 67.7 Å². The van der Waals surface area contributed by atoms with Crippen molar-refractivity contribution in [3.05, 3.63) is 71.8 Å². The SMILES string of the molecule is C[NH+]1[C@@H]2CC[C@H]1CC(OC(c1ccccc1)c1ccccc1)C2. The summed E-state index contributed by atoms with van der Waals surface area (Å²) in [6.07, 6.45) is 5.61. The van der Waals surface area contributed by atoms with Gasteiger partial charge in [0.15, 0.2) is 0 Å². The Hall–Kier alpha value is -1.64. The highest BCUT2D eigenvalue weighted by molar-refractivity contribution is 5.30. The minimum absolute atomic E-state index is 0.0557. The zero-order chi connectivity index (χ0) is 15.6. The number of benzene rings is 2. The average Bonchev–Trinajstić information content (AvgIpc) is 2.83. The van der Waals surface area contributed by atoms with Gasteiger partial charge in [0, 0.05) is 25.7 Å². The number of hydrogen-bond donors (Lipinski definition) is 1. The van der Waals surface area contributed by atoms with Gasteiger partial charge in [0.25, 0.3) is 0 Å². The smallest absolute Gasteiger partial charge is 0.108 e. The van der Waals surface area contributed by atoms with E-state index in [1.165, 1.54) is 36.8 Å². The molecule has 0 saturated carbocycles. The first-order valence-electron chi connectivity index (χ1n) is 8.90. The second-order valence-corrected chi connectivity index (χ2v) is 7.15. The monoisotopic (exact) mass is 308 g/mol. The van der Waals surface area contributed by atoms with Gasteiger partial charge in [-0.2, -0.15) is 0 Å². The van der Waals surface area contributed by atoms with E-state index in [9.17, 15) is 0 Å². The fraction of sp³-hybridized carbons (Fsp3) is 0.429. The molecule has 0 spiro atoms.